The van der Waals surface area contributed by atoms with Crippen LogP contribution in [0.25, 0.3) is 0 Å². The molecule has 1 amide bonds. The van der Waals surface area contributed by atoms with Crippen LogP contribution in [0.15, 0.2) is 9.90 Å². The summed E-state index contributed by atoms with van der Waals surface area (Å²) in [6.45, 7) is 0.470. The molecule has 0 aromatic carbocycles. The van der Waals surface area contributed by atoms with Gasteiger partial charge in [-0.1, -0.05) is 24.4 Å². The Hall–Kier alpha value is -1.69. The number of thiazole rings is 1. The summed E-state index contributed by atoms with van der Waals surface area (Å²) >= 11 is 1.64. The van der Waals surface area contributed by atoms with Crippen molar-refractivity contribution in [1.29, 1.82) is 0 Å². The largest absolute Gasteiger partial charge is 0.360 e. The normalized spacial score (nSPS) is 18.3. The molecule has 1 fully saturated rings. The van der Waals surface area contributed by atoms with Crippen LogP contribution in [-0.4, -0.2) is 16.0 Å². The fraction of sp³-hybridized carbons (Fsp3) is 0.611. The Morgan fingerprint density at radius 3 is 2.92 bits per heavy atom. The molecular weight excluding hydrogens is 322 g/mol. The molecule has 2 aromatic rings. The Labute approximate surface area is 145 Å². The van der Waals surface area contributed by atoms with E-state index in [2.05, 4.69) is 15.9 Å². The predicted octanol–water partition coefficient (Wildman–Crippen LogP) is 3.99. The van der Waals surface area contributed by atoms with Gasteiger partial charge in [-0.15, -0.1) is 11.3 Å². The van der Waals surface area contributed by atoms with Gasteiger partial charge < -0.3 is 9.84 Å². The molecule has 2 aliphatic carbocycles. The molecule has 0 radical (unpaired) electrons. The summed E-state index contributed by atoms with van der Waals surface area (Å²) in [4.78, 5) is 17.1. The molecule has 1 N–H and O–H groups in total. The monoisotopic (exact) mass is 345 g/mol. The summed E-state index contributed by atoms with van der Waals surface area (Å²) in [7, 11) is 0. The van der Waals surface area contributed by atoms with Crippen LogP contribution >= 0.6 is 11.3 Å². The van der Waals surface area contributed by atoms with Crippen molar-refractivity contribution in [2.45, 2.75) is 70.3 Å². The number of amides is 1. The second-order valence-corrected chi connectivity index (χ2v) is 7.77. The Morgan fingerprint density at radius 1 is 1.21 bits per heavy atom. The lowest BCUT2D eigenvalue weighted by Gasteiger charge is -2.19. The van der Waals surface area contributed by atoms with E-state index in [4.69, 9.17) is 9.51 Å². The highest BCUT2D eigenvalue weighted by molar-refractivity contribution is 7.09. The maximum atomic E-state index is 12.4. The molecule has 2 aromatic heterocycles. The number of aryl methyl sites for hydroxylation is 1. The van der Waals surface area contributed by atoms with Crippen LogP contribution in [0.2, 0.25) is 0 Å². The van der Waals surface area contributed by atoms with E-state index in [-0.39, 0.29) is 5.91 Å². The number of hydrogen-bond acceptors (Lipinski definition) is 5. The van der Waals surface area contributed by atoms with Crippen LogP contribution in [0.4, 0.5) is 0 Å². The molecule has 128 valence electrons. The zero-order valence-corrected chi connectivity index (χ0v) is 14.7. The number of carbonyl (C=O) groups is 1. The second-order valence-electron chi connectivity index (χ2n) is 6.82. The minimum Gasteiger partial charge on any atom is -0.360 e. The number of aromatic nitrogens is 2. The molecule has 6 heteroatoms. The average Bonchev–Trinajstić information content (AvgIpc) is 3.27. The lowest BCUT2D eigenvalue weighted by molar-refractivity contribution is 0.0941. The van der Waals surface area contributed by atoms with Crippen LogP contribution < -0.4 is 5.32 Å². The van der Waals surface area contributed by atoms with Crippen LogP contribution in [0.3, 0.4) is 0 Å². The first-order valence-electron chi connectivity index (χ1n) is 9.01. The number of rotatable bonds is 4. The van der Waals surface area contributed by atoms with Crippen molar-refractivity contribution in [3.8, 4) is 0 Å². The smallest absolute Gasteiger partial charge is 0.274 e. The summed E-state index contributed by atoms with van der Waals surface area (Å²) in [5.74, 6) is 1.36. The predicted molar refractivity (Wildman–Crippen MR) is 92.3 cm³/mol. The molecule has 1 saturated carbocycles. The SMILES string of the molecule is O=C(NCc1nc(C2CCCCC2)cs1)c1noc2c1CCCC2. The third-order valence-corrected chi connectivity index (χ3v) is 6.03. The summed E-state index contributed by atoms with van der Waals surface area (Å²) in [6, 6.07) is 0. The Bertz CT molecular complexity index is 716. The zero-order chi connectivity index (χ0) is 16.4. The van der Waals surface area contributed by atoms with Gasteiger partial charge in [0.15, 0.2) is 5.69 Å². The van der Waals surface area contributed by atoms with E-state index in [0.29, 0.717) is 18.2 Å². The van der Waals surface area contributed by atoms with Crippen molar-refractivity contribution >= 4 is 17.2 Å². The van der Waals surface area contributed by atoms with E-state index < -0.39 is 0 Å². The molecular formula is C18H23N3O2S. The first kappa shape index (κ1) is 15.8. The summed E-state index contributed by atoms with van der Waals surface area (Å²) in [5.41, 5.74) is 2.68. The van der Waals surface area contributed by atoms with E-state index >= 15 is 0 Å². The van der Waals surface area contributed by atoms with Crippen LogP contribution in [0.1, 0.15) is 83.4 Å². The van der Waals surface area contributed by atoms with Crippen LogP contribution in [0, 0.1) is 0 Å². The standard InChI is InChI=1S/C18H23N3O2S/c22-18(17-13-8-4-5-9-15(13)23-21-17)19-10-16-20-14(11-24-16)12-6-2-1-3-7-12/h11-12H,1-10H2,(H,19,22). The van der Waals surface area contributed by atoms with E-state index in [0.717, 1.165) is 42.0 Å². The molecule has 0 spiro atoms. The molecule has 0 saturated heterocycles. The van der Waals surface area contributed by atoms with E-state index in [1.807, 2.05) is 0 Å². The van der Waals surface area contributed by atoms with E-state index in [1.165, 1.54) is 37.8 Å². The van der Waals surface area contributed by atoms with E-state index in [1.54, 1.807) is 11.3 Å². The van der Waals surface area contributed by atoms with Gasteiger partial charge in [0.25, 0.3) is 5.91 Å². The summed E-state index contributed by atoms with van der Waals surface area (Å²) in [6.07, 6.45) is 10.5. The minimum atomic E-state index is -0.142. The lowest BCUT2D eigenvalue weighted by Crippen LogP contribution is -2.24. The van der Waals surface area contributed by atoms with Crippen molar-refractivity contribution in [3.63, 3.8) is 0 Å². The first-order valence-corrected chi connectivity index (χ1v) is 9.89. The molecule has 2 heterocycles. The van der Waals surface area contributed by atoms with Crippen LogP contribution in [0.5, 0.6) is 0 Å². The van der Waals surface area contributed by atoms with Gasteiger partial charge >= 0.3 is 0 Å². The third kappa shape index (κ3) is 3.24. The van der Waals surface area contributed by atoms with Gasteiger partial charge in [0.1, 0.15) is 10.8 Å². The molecule has 4 rings (SSSR count). The first-order chi connectivity index (χ1) is 11.8. The lowest BCUT2D eigenvalue weighted by atomic mass is 9.87. The molecule has 2 aliphatic rings. The summed E-state index contributed by atoms with van der Waals surface area (Å²) < 4.78 is 5.32. The van der Waals surface area contributed by atoms with Gasteiger partial charge in [-0.25, -0.2) is 4.98 Å². The van der Waals surface area contributed by atoms with Gasteiger partial charge in [0.2, 0.25) is 0 Å². The minimum absolute atomic E-state index is 0.142. The quantitative estimate of drug-likeness (QED) is 0.910. The topological polar surface area (TPSA) is 68.0 Å². The highest BCUT2D eigenvalue weighted by Crippen LogP contribution is 2.33. The van der Waals surface area contributed by atoms with Crippen molar-refractivity contribution in [1.82, 2.24) is 15.5 Å². The van der Waals surface area contributed by atoms with Crippen molar-refractivity contribution < 1.29 is 9.32 Å². The highest BCUT2D eigenvalue weighted by Gasteiger charge is 2.24. The van der Waals surface area contributed by atoms with Crippen molar-refractivity contribution in [3.05, 3.63) is 33.1 Å². The fourth-order valence-corrected chi connectivity index (χ4v) is 4.61. The Balaban J connectivity index is 1.37. The molecule has 0 bridgehead atoms. The maximum absolute atomic E-state index is 12.4. The molecule has 0 atom stereocenters. The van der Waals surface area contributed by atoms with Gasteiger partial charge in [-0.3, -0.25) is 4.79 Å². The number of hydrogen-bond donors (Lipinski definition) is 1. The van der Waals surface area contributed by atoms with Crippen molar-refractivity contribution in [2.75, 3.05) is 0 Å². The molecule has 0 aliphatic heterocycles. The van der Waals surface area contributed by atoms with Gasteiger partial charge in [-0.2, -0.15) is 0 Å². The molecule has 0 unspecified atom stereocenters. The zero-order valence-electron chi connectivity index (χ0n) is 13.8. The van der Waals surface area contributed by atoms with Gasteiger partial charge in [-0.05, 0) is 32.1 Å². The average molecular weight is 345 g/mol. The van der Waals surface area contributed by atoms with E-state index in [9.17, 15) is 4.79 Å². The fourth-order valence-electron chi connectivity index (χ4n) is 3.79. The Morgan fingerprint density at radius 2 is 2.04 bits per heavy atom. The highest BCUT2D eigenvalue weighted by atomic mass is 32.1. The number of nitrogens with zero attached hydrogens (tertiary/aromatic N) is 2. The molecule has 5 nitrogen and oxygen atoms in total. The second kappa shape index (κ2) is 7.05. The summed E-state index contributed by atoms with van der Waals surface area (Å²) in [5, 5.41) is 10.1. The van der Waals surface area contributed by atoms with Crippen LogP contribution in [-0.2, 0) is 19.4 Å². The van der Waals surface area contributed by atoms with Gasteiger partial charge in [0, 0.05) is 23.3 Å². The van der Waals surface area contributed by atoms with Crippen molar-refractivity contribution in [2.24, 2.45) is 0 Å². The van der Waals surface area contributed by atoms with Gasteiger partial charge in [0.05, 0.1) is 12.2 Å². The maximum Gasteiger partial charge on any atom is 0.274 e. The molecule has 24 heavy (non-hydrogen) atoms. The number of fused-ring (bicyclic) bond motifs is 1. The number of nitrogens with one attached hydrogen (secondary N) is 1. The number of carbonyl (C=O) groups excluding carboxylic acids is 1. The Kier molecular flexibility index (Phi) is 4.65. The third-order valence-electron chi connectivity index (χ3n) is 5.16.